The number of hydrogen-bond donors (Lipinski definition) is 1. The predicted molar refractivity (Wildman–Crippen MR) is 113 cm³/mol. The van der Waals surface area contributed by atoms with Crippen molar-refractivity contribution >= 4 is 18.1 Å². The Morgan fingerprint density at radius 3 is 2.50 bits per heavy atom. The van der Waals surface area contributed by atoms with Crippen molar-refractivity contribution in [1.82, 2.24) is 5.32 Å². The maximum atomic E-state index is 12.6. The Morgan fingerprint density at radius 1 is 1.20 bits per heavy atom. The second-order valence-electron chi connectivity index (χ2n) is 8.49. The number of benzene rings is 1. The molecule has 1 amide bonds. The molecule has 7 nitrogen and oxygen atoms in total. The molecule has 1 saturated carbocycles. The van der Waals surface area contributed by atoms with Crippen molar-refractivity contribution in [3.8, 4) is 17.6 Å². The van der Waals surface area contributed by atoms with E-state index in [-0.39, 0.29) is 29.0 Å². The highest BCUT2D eigenvalue weighted by Gasteiger charge is 2.24. The van der Waals surface area contributed by atoms with Gasteiger partial charge in [-0.05, 0) is 63.3 Å². The van der Waals surface area contributed by atoms with Gasteiger partial charge in [-0.3, -0.25) is 4.79 Å². The van der Waals surface area contributed by atoms with Gasteiger partial charge in [0.15, 0.2) is 11.5 Å². The predicted octanol–water partition coefficient (Wildman–Crippen LogP) is 4.61. The van der Waals surface area contributed by atoms with Gasteiger partial charge in [-0.2, -0.15) is 5.26 Å². The van der Waals surface area contributed by atoms with E-state index in [1.54, 1.807) is 32.9 Å². The molecule has 7 heteroatoms. The van der Waals surface area contributed by atoms with Crippen LogP contribution in [0.2, 0.25) is 0 Å². The standard InChI is InChI=1S/C23H30N2O5/c1-15-8-6-7-9-18(15)25-21(26)17(14-24)12-16-10-11-19(20(13-16)28-5)29-22(27)30-23(2,3)4/h10-13,15,18H,6-9H2,1-5H3,(H,25,26)/b17-12+/t15-,18-/m1/s1. The fraction of sp³-hybridized carbons (Fsp3) is 0.522. The van der Waals surface area contributed by atoms with Crippen molar-refractivity contribution in [3.63, 3.8) is 0 Å². The van der Waals surface area contributed by atoms with Crippen molar-refractivity contribution < 1.29 is 23.8 Å². The number of nitrogens with one attached hydrogen (secondary N) is 1. The highest BCUT2D eigenvalue weighted by molar-refractivity contribution is 6.01. The number of methoxy groups -OCH3 is 1. The summed E-state index contributed by atoms with van der Waals surface area (Å²) in [4.78, 5) is 24.5. The van der Waals surface area contributed by atoms with E-state index in [4.69, 9.17) is 14.2 Å². The van der Waals surface area contributed by atoms with E-state index in [2.05, 4.69) is 12.2 Å². The number of rotatable bonds is 5. The summed E-state index contributed by atoms with van der Waals surface area (Å²) in [6, 6.07) is 6.81. The molecule has 1 aliphatic carbocycles. The topological polar surface area (TPSA) is 97.6 Å². The summed E-state index contributed by atoms with van der Waals surface area (Å²) < 4.78 is 15.6. The van der Waals surface area contributed by atoms with Crippen LogP contribution in [0.25, 0.3) is 6.08 Å². The Hall–Kier alpha value is -3.01. The summed E-state index contributed by atoms with van der Waals surface area (Å²) in [6.07, 6.45) is 4.90. The van der Waals surface area contributed by atoms with Crippen molar-refractivity contribution in [2.24, 2.45) is 5.92 Å². The largest absolute Gasteiger partial charge is 0.514 e. The van der Waals surface area contributed by atoms with Crippen LogP contribution in [-0.2, 0) is 9.53 Å². The molecule has 0 aliphatic heterocycles. The molecule has 162 valence electrons. The third-order valence-corrected chi connectivity index (χ3v) is 4.87. The summed E-state index contributed by atoms with van der Waals surface area (Å²) in [6.45, 7) is 7.33. The Bertz CT molecular complexity index is 848. The minimum Gasteiger partial charge on any atom is -0.493 e. The molecular formula is C23H30N2O5. The van der Waals surface area contributed by atoms with E-state index in [9.17, 15) is 14.9 Å². The van der Waals surface area contributed by atoms with Crippen molar-refractivity contribution in [1.29, 1.82) is 5.26 Å². The molecule has 0 unspecified atom stereocenters. The smallest absolute Gasteiger partial charge is 0.493 e. The Labute approximate surface area is 178 Å². The number of nitriles is 1. The Kier molecular flexibility index (Phi) is 7.87. The molecule has 0 saturated heterocycles. The quantitative estimate of drug-likeness (QED) is 0.327. The molecule has 0 heterocycles. The first kappa shape index (κ1) is 23.3. The second kappa shape index (κ2) is 10.1. The van der Waals surface area contributed by atoms with E-state index in [1.807, 2.05) is 6.07 Å². The molecule has 2 rings (SSSR count). The summed E-state index contributed by atoms with van der Waals surface area (Å²) in [5.41, 5.74) is -0.0971. The Balaban J connectivity index is 2.15. The fourth-order valence-corrected chi connectivity index (χ4v) is 3.31. The van der Waals surface area contributed by atoms with Crippen LogP contribution in [0.15, 0.2) is 23.8 Å². The first-order valence-corrected chi connectivity index (χ1v) is 10.1. The normalized spacial score (nSPS) is 19.4. The van der Waals surface area contributed by atoms with Crippen LogP contribution in [0.3, 0.4) is 0 Å². The molecule has 1 N–H and O–H groups in total. The molecular weight excluding hydrogens is 384 g/mol. The number of hydrogen-bond acceptors (Lipinski definition) is 6. The van der Waals surface area contributed by atoms with Gasteiger partial charge in [0.2, 0.25) is 0 Å². The van der Waals surface area contributed by atoms with Crippen LogP contribution in [-0.4, -0.2) is 30.8 Å². The molecule has 1 aliphatic rings. The molecule has 0 aromatic heterocycles. The maximum absolute atomic E-state index is 12.6. The van der Waals surface area contributed by atoms with Gasteiger partial charge in [0.25, 0.3) is 5.91 Å². The fourth-order valence-electron chi connectivity index (χ4n) is 3.31. The van der Waals surface area contributed by atoms with E-state index >= 15 is 0 Å². The van der Waals surface area contributed by atoms with Crippen LogP contribution in [0.1, 0.15) is 58.9 Å². The maximum Gasteiger partial charge on any atom is 0.514 e. The van der Waals surface area contributed by atoms with E-state index < -0.39 is 11.8 Å². The molecule has 0 radical (unpaired) electrons. The molecule has 1 aromatic rings. The zero-order valence-corrected chi connectivity index (χ0v) is 18.3. The van der Waals surface area contributed by atoms with Gasteiger partial charge in [-0.1, -0.05) is 25.8 Å². The van der Waals surface area contributed by atoms with Gasteiger partial charge < -0.3 is 19.5 Å². The zero-order valence-electron chi connectivity index (χ0n) is 18.3. The van der Waals surface area contributed by atoms with Crippen molar-refractivity contribution in [2.75, 3.05) is 7.11 Å². The van der Waals surface area contributed by atoms with Crippen molar-refractivity contribution in [2.45, 2.75) is 65.0 Å². The van der Waals surface area contributed by atoms with Gasteiger partial charge in [-0.25, -0.2) is 4.79 Å². The molecule has 1 aromatic carbocycles. The van der Waals surface area contributed by atoms with Crippen LogP contribution < -0.4 is 14.8 Å². The first-order valence-electron chi connectivity index (χ1n) is 10.1. The zero-order chi connectivity index (χ0) is 22.3. The summed E-state index contributed by atoms with van der Waals surface area (Å²) in [5.74, 6) is 0.479. The minimum absolute atomic E-state index is 0.00985. The van der Waals surface area contributed by atoms with E-state index in [0.717, 1.165) is 19.3 Å². The third kappa shape index (κ3) is 6.80. The lowest BCUT2D eigenvalue weighted by molar-refractivity contribution is -0.118. The van der Waals surface area contributed by atoms with Crippen molar-refractivity contribution in [3.05, 3.63) is 29.3 Å². The van der Waals surface area contributed by atoms with Gasteiger partial charge in [0, 0.05) is 6.04 Å². The van der Waals surface area contributed by atoms with Crippen LogP contribution in [0.4, 0.5) is 4.79 Å². The van der Waals surface area contributed by atoms with E-state index in [1.165, 1.54) is 25.7 Å². The minimum atomic E-state index is -0.845. The van der Waals surface area contributed by atoms with E-state index in [0.29, 0.717) is 11.5 Å². The lowest BCUT2D eigenvalue weighted by atomic mass is 9.86. The lowest BCUT2D eigenvalue weighted by Crippen LogP contribution is -2.41. The lowest BCUT2D eigenvalue weighted by Gasteiger charge is -2.29. The summed E-state index contributed by atoms with van der Waals surface area (Å²) >= 11 is 0. The van der Waals surface area contributed by atoms with Gasteiger partial charge in [-0.15, -0.1) is 0 Å². The highest BCUT2D eigenvalue weighted by Crippen LogP contribution is 2.30. The van der Waals surface area contributed by atoms with Crippen LogP contribution in [0.5, 0.6) is 11.5 Å². The number of carbonyl (C=O) groups excluding carboxylic acids is 2. The number of ether oxygens (including phenoxy) is 3. The van der Waals surface area contributed by atoms with Crippen LogP contribution in [0, 0.1) is 17.2 Å². The summed E-state index contributed by atoms with van der Waals surface area (Å²) in [7, 11) is 1.44. The average Bonchev–Trinajstić information content (AvgIpc) is 2.67. The average molecular weight is 415 g/mol. The SMILES string of the molecule is COc1cc(/C=C(\C#N)C(=O)N[C@@H]2CCCC[C@H]2C)ccc1OC(=O)OC(C)(C)C. The molecule has 0 bridgehead atoms. The molecule has 1 fully saturated rings. The molecule has 2 atom stereocenters. The Morgan fingerprint density at radius 2 is 1.90 bits per heavy atom. The molecule has 30 heavy (non-hydrogen) atoms. The van der Waals surface area contributed by atoms with Crippen LogP contribution >= 0.6 is 0 Å². The monoisotopic (exact) mass is 414 g/mol. The second-order valence-corrected chi connectivity index (χ2v) is 8.49. The van der Waals surface area contributed by atoms with Gasteiger partial charge in [0.05, 0.1) is 7.11 Å². The first-order chi connectivity index (χ1) is 14.1. The molecule has 0 spiro atoms. The van der Waals surface area contributed by atoms with Gasteiger partial charge in [0.1, 0.15) is 17.2 Å². The summed E-state index contributed by atoms with van der Waals surface area (Å²) in [5, 5.41) is 12.4. The number of carbonyl (C=O) groups is 2. The highest BCUT2D eigenvalue weighted by atomic mass is 16.7. The van der Waals surface area contributed by atoms with Gasteiger partial charge >= 0.3 is 6.16 Å². The third-order valence-electron chi connectivity index (χ3n) is 4.87. The number of amides is 1. The number of nitrogens with zero attached hydrogens (tertiary/aromatic N) is 1.